The van der Waals surface area contributed by atoms with Crippen LogP contribution in [0.25, 0.3) is 0 Å². The van der Waals surface area contributed by atoms with Crippen LogP contribution in [-0.2, 0) is 4.43 Å². The molecular weight excluding hydrogens is 243 g/mol. The first-order chi connectivity index (χ1) is 8.06. The summed E-state index contributed by atoms with van der Waals surface area (Å²) < 4.78 is 4.51. The fourth-order valence-electron chi connectivity index (χ4n) is 1.80. The molecule has 106 valence electrons. The Morgan fingerprint density at radius 3 is 1.56 bits per heavy atom. The Hall–Kier alpha value is 0.654. The van der Waals surface area contributed by atoms with Crippen LogP contribution in [0.4, 0.5) is 0 Å². The SMILES string of the molecule is CCCCCCCCCCCCO[Si](O)(O)O.[H-].[Li+]. The predicted octanol–water partition coefficient (Wildman–Crippen LogP) is -0.547. The van der Waals surface area contributed by atoms with Crippen molar-refractivity contribution in [3.63, 3.8) is 0 Å². The number of hydrogen-bond acceptors (Lipinski definition) is 4. The molecule has 0 amide bonds. The molecule has 0 aromatic carbocycles. The zero-order valence-electron chi connectivity index (χ0n) is 13.0. The summed E-state index contributed by atoms with van der Waals surface area (Å²) in [5.74, 6) is 0. The van der Waals surface area contributed by atoms with Gasteiger partial charge in [0.05, 0.1) is 0 Å². The van der Waals surface area contributed by atoms with Crippen LogP contribution < -0.4 is 18.9 Å². The normalized spacial score (nSPS) is 11.3. The molecule has 0 aromatic rings. The van der Waals surface area contributed by atoms with E-state index in [2.05, 4.69) is 11.3 Å². The molecule has 18 heavy (non-hydrogen) atoms. The van der Waals surface area contributed by atoms with E-state index in [1.54, 1.807) is 0 Å². The Bertz CT molecular complexity index is 170. The predicted molar refractivity (Wildman–Crippen MR) is 71.3 cm³/mol. The van der Waals surface area contributed by atoms with Gasteiger partial charge in [0.1, 0.15) is 0 Å². The van der Waals surface area contributed by atoms with E-state index < -0.39 is 9.05 Å². The maximum atomic E-state index is 8.59. The van der Waals surface area contributed by atoms with Crippen molar-refractivity contribution < 1.29 is 39.1 Å². The third-order valence-electron chi connectivity index (χ3n) is 2.79. The van der Waals surface area contributed by atoms with E-state index in [0.29, 0.717) is 0 Å². The molecule has 0 aliphatic rings. The number of rotatable bonds is 12. The monoisotopic (exact) mass is 272 g/mol. The number of hydrogen-bond donors (Lipinski definition) is 3. The summed E-state index contributed by atoms with van der Waals surface area (Å²) in [7, 11) is -4.25. The zero-order valence-corrected chi connectivity index (χ0v) is 13.0. The molecule has 6 heteroatoms. The molecule has 0 atom stereocenters. The van der Waals surface area contributed by atoms with Crippen LogP contribution in [0.5, 0.6) is 0 Å². The first-order valence-corrected chi connectivity index (χ1v) is 8.62. The average Bonchev–Trinajstić information content (AvgIpc) is 2.24. The summed E-state index contributed by atoms with van der Waals surface area (Å²) in [6, 6.07) is 0. The molecule has 0 heterocycles. The Morgan fingerprint density at radius 2 is 1.17 bits per heavy atom. The topological polar surface area (TPSA) is 69.9 Å². The van der Waals surface area contributed by atoms with Crippen LogP contribution >= 0.6 is 0 Å². The summed E-state index contributed by atoms with van der Waals surface area (Å²) in [4.78, 5) is 25.8. The molecule has 0 saturated heterocycles. The van der Waals surface area contributed by atoms with E-state index in [4.69, 9.17) is 14.4 Å². The second-order valence-electron chi connectivity index (χ2n) is 4.60. The van der Waals surface area contributed by atoms with Crippen LogP contribution in [0.1, 0.15) is 72.6 Å². The smallest absolute Gasteiger partial charge is 1.00 e. The second kappa shape index (κ2) is 14.1. The van der Waals surface area contributed by atoms with Crippen molar-refractivity contribution in [2.45, 2.75) is 71.1 Å². The van der Waals surface area contributed by atoms with Gasteiger partial charge in [0.15, 0.2) is 0 Å². The molecule has 0 bridgehead atoms. The van der Waals surface area contributed by atoms with Gasteiger partial charge in [-0.25, -0.2) is 0 Å². The Kier molecular flexibility index (Phi) is 16.4. The Morgan fingerprint density at radius 1 is 0.778 bits per heavy atom. The average molecular weight is 272 g/mol. The van der Waals surface area contributed by atoms with Gasteiger partial charge in [-0.15, -0.1) is 0 Å². The first kappa shape index (κ1) is 21.0. The van der Waals surface area contributed by atoms with Crippen molar-refractivity contribution in [1.82, 2.24) is 0 Å². The molecule has 0 rings (SSSR count). The van der Waals surface area contributed by atoms with Crippen molar-refractivity contribution in [1.29, 1.82) is 0 Å². The second-order valence-corrected chi connectivity index (χ2v) is 6.04. The van der Waals surface area contributed by atoms with Crippen LogP contribution in [0.15, 0.2) is 0 Å². The summed E-state index contributed by atoms with van der Waals surface area (Å²) in [6.45, 7) is 2.47. The number of unbranched alkanes of at least 4 members (excludes halogenated alkanes) is 9. The van der Waals surface area contributed by atoms with E-state index in [1.807, 2.05) is 0 Å². The third kappa shape index (κ3) is 19.0. The molecule has 0 saturated carbocycles. The molecule has 0 spiro atoms. The van der Waals surface area contributed by atoms with Gasteiger partial charge in [0.25, 0.3) is 0 Å². The maximum Gasteiger partial charge on any atom is 1.00 e. The van der Waals surface area contributed by atoms with E-state index in [-0.39, 0.29) is 26.9 Å². The van der Waals surface area contributed by atoms with Gasteiger partial charge < -0.3 is 20.2 Å². The van der Waals surface area contributed by atoms with Gasteiger partial charge >= 0.3 is 27.9 Å². The first-order valence-electron chi connectivity index (χ1n) is 6.87. The van der Waals surface area contributed by atoms with E-state index in [0.717, 1.165) is 19.3 Å². The molecule has 0 aromatic heterocycles. The van der Waals surface area contributed by atoms with Gasteiger partial charge in [-0.05, 0) is 6.42 Å². The van der Waals surface area contributed by atoms with Gasteiger partial charge in [0.2, 0.25) is 0 Å². The molecule has 0 aliphatic carbocycles. The molecule has 4 nitrogen and oxygen atoms in total. The van der Waals surface area contributed by atoms with Gasteiger partial charge in [0, 0.05) is 6.61 Å². The minimum absolute atomic E-state index is 0. The quantitative estimate of drug-likeness (QED) is 0.329. The van der Waals surface area contributed by atoms with E-state index >= 15 is 0 Å². The minimum Gasteiger partial charge on any atom is -1.00 e. The van der Waals surface area contributed by atoms with Gasteiger partial charge in [-0.3, -0.25) is 0 Å². The van der Waals surface area contributed by atoms with E-state index in [9.17, 15) is 0 Å². The summed E-state index contributed by atoms with van der Waals surface area (Å²) in [5, 5.41) is 0. The van der Waals surface area contributed by atoms with Crippen molar-refractivity contribution in [2.24, 2.45) is 0 Å². The summed E-state index contributed by atoms with van der Waals surface area (Å²) in [5.41, 5.74) is 0. The summed E-state index contributed by atoms with van der Waals surface area (Å²) in [6.07, 6.45) is 12.2. The molecule has 3 N–H and O–H groups in total. The largest absolute Gasteiger partial charge is 1.00 e. The fourth-order valence-corrected chi connectivity index (χ4v) is 2.22. The van der Waals surface area contributed by atoms with E-state index in [1.165, 1.54) is 44.9 Å². The van der Waals surface area contributed by atoms with Crippen LogP contribution in [-0.4, -0.2) is 30.0 Å². The van der Waals surface area contributed by atoms with Gasteiger partial charge in [-0.1, -0.05) is 64.7 Å². The van der Waals surface area contributed by atoms with Crippen molar-refractivity contribution in [3.05, 3.63) is 0 Å². The van der Waals surface area contributed by atoms with Crippen LogP contribution in [0, 0.1) is 0 Å². The maximum absolute atomic E-state index is 8.59. The Labute approximate surface area is 126 Å². The summed E-state index contributed by atoms with van der Waals surface area (Å²) >= 11 is 0. The Balaban J connectivity index is -0.00000128. The standard InChI is InChI=1S/C12H28O4Si.Li.H/c1-2-3-4-5-6-7-8-9-10-11-12-16-17(13,14)15;;/h13-15H,2-12H2,1H3;;/q;+1;-1. The van der Waals surface area contributed by atoms with Crippen LogP contribution in [0.3, 0.4) is 0 Å². The van der Waals surface area contributed by atoms with Gasteiger partial charge in [-0.2, -0.15) is 0 Å². The van der Waals surface area contributed by atoms with Crippen molar-refractivity contribution in [2.75, 3.05) is 6.61 Å². The zero-order chi connectivity index (χ0) is 13.0. The van der Waals surface area contributed by atoms with Crippen molar-refractivity contribution >= 4 is 9.05 Å². The van der Waals surface area contributed by atoms with Crippen LogP contribution in [0.2, 0.25) is 0 Å². The fraction of sp³-hybridized carbons (Fsp3) is 1.00. The molecule has 0 fully saturated rings. The van der Waals surface area contributed by atoms with Crippen molar-refractivity contribution in [3.8, 4) is 0 Å². The third-order valence-corrected chi connectivity index (χ3v) is 3.39. The molecule has 0 aliphatic heterocycles. The molecular formula is C12H29LiO4Si. The minimum atomic E-state index is -4.25. The molecule has 0 unspecified atom stereocenters. The molecule has 0 radical (unpaired) electrons.